The quantitative estimate of drug-likeness (QED) is 0.312. The zero-order valence-electron chi connectivity index (χ0n) is 20.6. The van der Waals surface area contributed by atoms with Crippen LogP contribution in [-0.4, -0.2) is 53.0 Å². The lowest BCUT2D eigenvalue weighted by Gasteiger charge is -2.41. The number of amides is 1. The molecule has 182 valence electrons. The van der Waals surface area contributed by atoms with Gasteiger partial charge in [-0.15, -0.1) is 0 Å². The molecular weight excluding hydrogens is 468 g/mol. The molecule has 1 aliphatic rings. The Bertz CT molecular complexity index is 1570. The van der Waals surface area contributed by atoms with E-state index in [1.54, 1.807) is 18.4 Å². The van der Waals surface area contributed by atoms with E-state index in [1.165, 1.54) is 11.3 Å². The number of carbonyl (C=O) groups is 1. The Balaban J connectivity index is 1.22. The molecule has 1 saturated heterocycles. The molecule has 0 spiro atoms. The Kier molecular flexibility index (Phi) is 5.64. The summed E-state index contributed by atoms with van der Waals surface area (Å²) in [4.78, 5) is 23.5. The number of rotatable bonds is 4. The number of benzene rings is 3. The number of nitrogens with zero attached hydrogens (tertiary/aromatic N) is 4. The first-order valence-electron chi connectivity index (χ1n) is 12.2. The van der Waals surface area contributed by atoms with Crippen molar-refractivity contribution in [3.63, 3.8) is 0 Å². The average molecular weight is 497 g/mol. The van der Waals surface area contributed by atoms with Crippen LogP contribution in [0, 0.1) is 6.92 Å². The molecule has 0 saturated carbocycles. The molecule has 2 aromatic heterocycles. The Labute approximate surface area is 214 Å². The van der Waals surface area contributed by atoms with Gasteiger partial charge < -0.3 is 14.5 Å². The van der Waals surface area contributed by atoms with Gasteiger partial charge in [0.25, 0.3) is 5.91 Å². The van der Waals surface area contributed by atoms with Crippen molar-refractivity contribution in [2.75, 3.05) is 31.6 Å². The van der Waals surface area contributed by atoms with Crippen LogP contribution in [0.5, 0.6) is 5.75 Å². The highest BCUT2D eigenvalue weighted by molar-refractivity contribution is 7.23. The van der Waals surface area contributed by atoms with E-state index in [1.807, 2.05) is 47.4 Å². The summed E-state index contributed by atoms with van der Waals surface area (Å²) in [5.41, 5.74) is 6.25. The number of ether oxygens (including phenoxy) is 1. The summed E-state index contributed by atoms with van der Waals surface area (Å²) in [5, 5.41) is 0. The van der Waals surface area contributed by atoms with Crippen molar-refractivity contribution in [2.45, 2.75) is 19.9 Å². The van der Waals surface area contributed by atoms with Crippen LogP contribution in [0.2, 0.25) is 0 Å². The van der Waals surface area contributed by atoms with Crippen molar-refractivity contribution >= 4 is 38.1 Å². The molecule has 6 rings (SSSR count). The van der Waals surface area contributed by atoms with Gasteiger partial charge in [0.1, 0.15) is 5.75 Å². The van der Waals surface area contributed by atoms with Crippen LogP contribution in [0.15, 0.2) is 72.9 Å². The van der Waals surface area contributed by atoms with Crippen LogP contribution >= 0.6 is 11.3 Å². The molecule has 0 radical (unpaired) electrons. The number of thiazole rings is 1. The maximum absolute atomic E-state index is 13.4. The molecule has 1 aliphatic heterocycles. The largest absolute Gasteiger partial charge is 0.497 e. The van der Waals surface area contributed by atoms with Gasteiger partial charge in [0.2, 0.25) is 0 Å². The standard InChI is InChI=1S/C29H28N4O2S/c1-19-5-4-6-23(15-19)32-14-13-31(17-20(32)2)28(34)22-9-12-26-27(16-22)36-29-30-25(18-33(26)29)21-7-10-24(35-3)11-8-21/h4-12,15-16,18,20H,13-14,17H2,1-3H3. The summed E-state index contributed by atoms with van der Waals surface area (Å²) >= 11 is 1.61. The highest BCUT2D eigenvalue weighted by Gasteiger charge is 2.28. The molecule has 3 aromatic carbocycles. The molecule has 0 aliphatic carbocycles. The third-order valence-electron chi connectivity index (χ3n) is 6.97. The lowest BCUT2D eigenvalue weighted by Crippen LogP contribution is -2.53. The predicted molar refractivity (Wildman–Crippen MR) is 146 cm³/mol. The molecule has 0 bridgehead atoms. The third-order valence-corrected chi connectivity index (χ3v) is 7.99. The predicted octanol–water partition coefficient (Wildman–Crippen LogP) is 5.88. The first-order valence-corrected chi connectivity index (χ1v) is 13.0. The van der Waals surface area contributed by atoms with E-state index in [-0.39, 0.29) is 11.9 Å². The number of methoxy groups -OCH3 is 1. The molecule has 36 heavy (non-hydrogen) atoms. The van der Waals surface area contributed by atoms with Crippen molar-refractivity contribution in [3.8, 4) is 17.0 Å². The molecule has 5 aromatic rings. The second kappa shape index (κ2) is 8.99. The number of anilines is 1. The minimum absolute atomic E-state index is 0.0950. The summed E-state index contributed by atoms with van der Waals surface area (Å²) in [7, 11) is 1.67. The van der Waals surface area contributed by atoms with E-state index in [0.717, 1.165) is 44.3 Å². The first-order chi connectivity index (χ1) is 17.5. The van der Waals surface area contributed by atoms with Gasteiger partial charge in [-0.1, -0.05) is 23.5 Å². The number of carbonyl (C=O) groups excluding carboxylic acids is 1. The van der Waals surface area contributed by atoms with Crippen molar-refractivity contribution in [2.24, 2.45) is 0 Å². The van der Waals surface area contributed by atoms with Crippen LogP contribution < -0.4 is 9.64 Å². The van der Waals surface area contributed by atoms with Gasteiger partial charge in [-0.05, 0) is 74.0 Å². The maximum Gasteiger partial charge on any atom is 0.254 e. The number of hydrogen-bond donors (Lipinski definition) is 0. The molecule has 1 fully saturated rings. The molecule has 7 heteroatoms. The van der Waals surface area contributed by atoms with Gasteiger partial charge in [0.05, 0.1) is 23.0 Å². The van der Waals surface area contributed by atoms with E-state index in [9.17, 15) is 4.79 Å². The fraction of sp³-hybridized carbons (Fsp3) is 0.241. The second-order valence-electron chi connectivity index (χ2n) is 9.42. The minimum Gasteiger partial charge on any atom is -0.497 e. The Hall–Kier alpha value is -3.84. The van der Waals surface area contributed by atoms with Crippen LogP contribution in [0.25, 0.3) is 26.4 Å². The SMILES string of the molecule is COc1ccc(-c2cn3c(n2)sc2cc(C(=O)N4CCN(c5cccc(C)c5)C(C)C4)ccc23)cc1. The van der Waals surface area contributed by atoms with E-state index >= 15 is 0 Å². The zero-order chi connectivity index (χ0) is 24.8. The van der Waals surface area contributed by atoms with Crippen LogP contribution in [0.1, 0.15) is 22.8 Å². The summed E-state index contributed by atoms with van der Waals surface area (Å²) in [5.74, 6) is 0.922. The van der Waals surface area contributed by atoms with Crippen molar-refractivity contribution in [1.82, 2.24) is 14.3 Å². The van der Waals surface area contributed by atoms with Crippen molar-refractivity contribution < 1.29 is 9.53 Å². The summed E-state index contributed by atoms with van der Waals surface area (Å²) < 4.78 is 8.43. The molecule has 0 N–H and O–H groups in total. The van der Waals surface area contributed by atoms with E-state index in [0.29, 0.717) is 13.1 Å². The van der Waals surface area contributed by atoms with Gasteiger partial charge in [0.15, 0.2) is 4.96 Å². The Morgan fingerprint density at radius 2 is 1.89 bits per heavy atom. The molecule has 1 amide bonds. The van der Waals surface area contributed by atoms with Crippen molar-refractivity contribution in [3.05, 3.63) is 84.1 Å². The number of aryl methyl sites for hydroxylation is 1. The van der Waals surface area contributed by atoms with Gasteiger partial charge in [0, 0.05) is 48.7 Å². The lowest BCUT2D eigenvalue weighted by atomic mass is 10.1. The Morgan fingerprint density at radius 3 is 2.64 bits per heavy atom. The lowest BCUT2D eigenvalue weighted by molar-refractivity contribution is 0.0726. The summed E-state index contributed by atoms with van der Waals surface area (Å²) in [6.07, 6.45) is 2.06. The van der Waals surface area contributed by atoms with E-state index < -0.39 is 0 Å². The zero-order valence-corrected chi connectivity index (χ0v) is 21.5. The normalized spacial score (nSPS) is 16.1. The minimum atomic E-state index is 0.0950. The fourth-order valence-electron chi connectivity index (χ4n) is 5.05. The van der Waals surface area contributed by atoms with Gasteiger partial charge >= 0.3 is 0 Å². The molecule has 1 unspecified atom stereocenters. The smallest absolute Gasteiger partial charge is 0.254 e. The summed E-state index contributed by atoms with van der Waals surface area (Å²) in [6.45, 7) is 6.57. The molecule has 3 heterocycles. The molecule has 6 nitrogen and oxygen atoms in total. The average Bonchev–Trinajstić information content (AvgIpc) is 3.46. The van der Waals surface area contributed by atoms with Crippen LogP contribution in [0.3, 0.4) is 0 Å². The number of hydrogen-bond acceptors (Lipinski definition) is 5. The third kappa shape index (κ3) is 3.99. The van der Waals surface area contributed by atoms with Crippen molar-refractivity contribution in [1.29, 1.82) is 0 Å². The van der Waals surface area contributed by atoms with Gasteiger partial charge in [-0.25, -0.2) is 4.98 Å². The topological polar surface area (TPSA) is 50.1 Å². The number of imidazole rings is 1. The van der Waals surface area contributed by atoms with Crippen LogP contribution in [0.4, 0.5) is 5.69 Å². The molecule has 1 atom stereocenters. The maximum atomic E-state index is 13.4. The van der Waals surface area contributed by atoms with Gasteiger partial charge in [-0.2, -0.15) is 0 Å². The fourth-order valence-corrected chi connectivity index (χ4v) is 6.10. The van der Waals surface area contributed by atoms with Crippen LogP contribution in [-0.2, 0) is 0 Å². The highest BCUT2D eigenvalue weighted by atomic mass is 32.1. The number of piperazine rings is 1. The van der Waals surface area contributed by atoms with E-state index in [2.05, 4.69) is 53.6 Å². The van der Waals surface area contributed by atoms with E-state index in [4.69, 9.17) is 9.72 Å². The first kappa shape index (κ1) is 22.6. The monoisotopic (exact) mass is 496 g/mol. The van der Waals surface area contributed by atoms with Gasteiger partial charge in [-0.3, -0.25) is 9.20 Å². The second-order valence-corrected chi connectivity index (χ2v) is 10.4. The number of aromatic nitrogens is 2. The molecular formula is C29H28N4O2S. The summed E-state index contributed by atoms with van der Waals surface area (Å²) in [6, 6.07) is 22.8. The number of fused-ring (bicyclic) bond motifs is 3. The Morgan fingerprint density at radius 1 is 1.06 bits per heavy atom. The highest BCUT2D eigenvalue weighted by Crippen LogP contribution is 2.31.